The monoisotopic (exact) mass is 256 g/mol. The zero-order chi connectivity index (χ0) is 13.6. The Labute approximate surface area is 113 Å². The summed E-state index contributed by atoms with van der Waals surface area (Å²) in [6.07, 6.45) is 3.76. The van der Waals surface area contributed by atoms with Crippen LogP contribution in [0.3, 0.4) is 0 Å². The van der Waals surface area contributed by atoms with Crippen molar-refractivity contribution in [1.29, 1.82) is 0 Å². The van der Waals surface area contributed by atoms with E-state index in [0.29, 0.717) is 0 Å². The number of likely N-dealkylation sites (tertiary alicyclic amines) is 1. The smallest absolute Gasteiger partial charge is 0.0458 e. The van der Waals surface area contributed by atoms with Gasteiger partial charge in [0.25, 0.3) is 0 Å². The fourth-order valence-electron chi connectivity index (χ4n) is 3.20. The van der Waals surface area contributed by atoms with E-state index in [2.05, 4.69) is 42.8 Å². The van der Waals surface area contributed by atoms with Gasteiger partial charge in [0.2, 0.25) is 0 Å². The molecule has 2 N–H and O–H groups in total. The molecule has 0 aliphatic carbocycles. The molecule has 0 saturated carbocycles. The van der Waals surface area contributed by atoms with Gasteiger partial charge in [0, 0.05) is 18.6 Å². The van der Waals surface area contributed by atoms with Crippen molar-refractivity contribution in [2.45, 2.75) is 31.7 Å². The van der Waals surface area contributed by atoms with Gasteiger partial charge >= 0.3 is 0 Å². The first kappa shape index (κ1) is 15.9. The Morgan fingerprint density at radius 3 is 2.50 bits per heavy atom. The molecule has 1 heterocycles. The van der Waals surface area contributed by atoms with Gasteiger partial charge in [-0.25, -0.2) is 0 Å². The van der Waals surface area contributed by atoms with Crippen molar-refractivity contribution in [3.8, 4) is 0 Å². The van der Waals surface area contributed by atoms with Crippen molar-refractivity contribution in [2.24, 2.45) is 5.73 Å². The lowest BCUT2D eigenvalue weighted by Gasteiger charge is -2.48. The Morgan fingerprint density at radius 2 is 2.00 bits per heavy atom. The normalized spacial score (nSPS) is 26.2. The molecule has 0 aromatic heterocycles. The first-order valence-electron chi connectivity index (χ1n) is 7.32. The van der Waals surface area contributed by atoms with E-state index in [1.54, 1.807) is 0 Å². The lowest BCUT2D eigenvalue weighted by molar-refractivity contribution is 0.0274. The summed E-state index contributed by atoms with van der Waals surface area (Å²) in [5.41, 5.74) is 6.35. The van der Waals surface area contributed by atoms with Gasteiger partial charge in [-0.2, -0.15) is 0 Å². The molecule has 18 heavy (non-hydrogen) atoms. The Bertz CT molecular complexity index is 232. The summed E-state index contributed by atoms with van der Waals surface area (Å²) < 4.78 is 0. The van der Waals surface area contributed by atoms with Gasteiger partial charge in [0.1, 0.15) is 0 Å². The van der Waals surface area contributed by atoms with Crippen LogP contribution >= 0.6 is 0 Å². The fraction of sp³-hybridized carbons (Fsp3) is 1.00. The molecule has 4 nitrogen and oxygen atoms in total. The van der Waals surface area contributed by atoms with E-state index in [0.717, 1.165) is 26.2 Å². The van der Waals surface area contributed by atoms with Crippen molar-refractivity contribution in [2.75, 3.05) is 60.4 Å². The third kappa shape index (κ3) is 4.19. The molecule has 1 atom stereocenters. The Balaban J connectivity index is 2.58. The van der Waals surface area contributed by atoms with Crippen LogP contribution in [-0.4, -0.2) is 80.7 Å². The van der Waals surface area contributed by atoms with E-state index in [9.17, 15) is 0 Å². The molecule has 1 aliphatic heterocycles. The van der Waals surface area contributed by atoms with Gasteiger partial charge in [0.15, 0.2) is 0 Å². The van der Waals surface area contributed by atoms with E-state index in [-0.39, 0.29) is 5.54 Å². The van der Waals surface area contributed by atoms with E-state index in [4.69, 9.17) is 5.73 Å². The highest BCUT2D eigenvalue weighted by Gasteiger charge is 2.37. The number of hydrogen-bond donors (Lipinski definition) is 1. The minimum absolute atomic E-state index is 0.216. The molecule has 1 unspecified atom stereocenters. The quantitative estimate of drug-likeness (QED) is 0.727. The summed E-state index contributed by atoms with van der Waals surface area (Å²) >= 11 is 0. The first-order valence-corrected chi connectivity index (χ1v) is 7.32. The number of piperidine rings is 1. The zero-order valence-electron chi connectivity index (χ0n) is 12.8. The second-order valence-electron chi connectivity index (χ2n) is 6.01. The standard InChI is InChI=1S/C14H32N4/c1-5-18(11-7-9-16(2)3)14(12-15)8-6-10-17(4)13-14/h5-13,15H2,1-4H3. The predicted octanol–water partition coefficient (Wildman–Crippen LogP) is 0.683. The van der Waals surface area contributed by atoms with Crippen LogP contribution in [-0.2, 0) is 0 Å². The molecule has 0 aromatic carbocycles. The maximum Gasteiger partial charge on any atom is 0.0458 e. The molecule has 0 aromatic rings. The van der Waals surface area contributed by atoms with Crippen LogP contribution in [0.1, 0.15) is 26.2 Å². The second kappa shape index (κ2) is 7.43. The number of nitrogens with zero attached hydrogens (tertiary/aromatic N) is 3. The summed E-state index contributed by atoms with van der Waals surface area (Å²) in [6.45, 7) is 8.83. The van der Waals surface area contributed by atoms with Crippen molar-refractivity contribution in [1.82, 2.24) is 14.7 Å². The predicted molar refractivity (Wildman–Crippen MR) is 78.9 cm³/mol. The van der Waals surface area contributed by atoms with Crippen LogP contribution in [0.15, 0.2) is 0 Å². The molecule has 0 radical (unpaired) electrons. The topological polar surface area (TPSA) is 35.7 Å². The maximum absolute atomic E-state index is 6.13. The molecule has 1 saturated heterocycles. The van der Waals surface area contributed by atoms with Crippen LogP contribution in [0, 0.1) is 0 Å². The summed E-state index contributed by atoms with van der Waals surface area (Å²) in [5, 5.41) is 0. The number of rotatable bonds is 7. The lowest BCUT2D eigenvalue weighted by atomic mass is 9.87. The number of hydrogen-bond acceptors (Lipinski definition) is 4. The highest BCUT2D eigenvalue weighted by atomic mass is 15.3. The third-order valence-corrected chi connectivity index (χ3v) is 4.21. The Hall–Kier alpha value is -0.160. The van der Waals surface area contributed by atoms with Crippen molar-refractivity contribution in [3.63, 3.8) is 0 Å². The minimum atomic E-state index is 0.216. The molecule has 108 valence electrons. The van der Waals surface area contributed by atoms with Gasteiger partial charge in [0.05, 0.1) is 0 Å². The minimum Gasteiger partial charge on any atom is -0.329 e. The molecule has 1 fully saturated rings. The highest BCUT2D eigenvalue weighted by Crippen LogP contribution is 2.26. The van der Waals surface area contributed by atoms with E-state index < -0.39 is 0 Å². The molecule has 0 amide bonds. The third-order valence-electron chi connectivity index (χ3n) is 4.21. The van der Waals surface area contributed by atoms with Crippen LogP contribution in [0.2, 0.25) is 0 Å². The molecule has 1 aliphatic rings. The summed E-state index contributed by atoms with van der Waals surface area (Å²) in [6, 6.07) is 0. The second-order valence-corrected chi connectivity index (χ2v) is 6.01. The van der Waals surface area contributed by atoms with Gasteiger partial charge in [-0.15, -0.1) is 0 Å². The average molecular weight is 256 g/mol. The molecule has 0 bridgehead atoms. The summed E-state index contributed by atoms with van der Waals surface area (Å²) in [7, 11) is 6.50. The fourth-order valence-corrected chi connectivity index (χ4v) is 3.20. The van der Waals surface area contributed by atoms with Crippen molar-refractivity contribution < 1.29 is 0 Å². The molecule has 1 rings (SSSR count). The molecule has 4 heteroatoms. The van der Waals surface area contributed by atoms with Gasteiger partial charge in [-0.3, -0.25) is 4.90 Å². The lowest BCUT2D eigenvalue weighted by Crippen LogP contribution is -2.62. The summed E-state index contributed by atoms with van der Waals surface area (Å²) in [5.74, 6) is 0. The largest absolute Gasteiger partial charge is 0.329 e. The van der Waals surface area contributed by atoms with Gasteiger partial charge in [-0.05, 0) is 66.6 Å². The van der Waals surface area contributed by atoms with Crippen LogP contribution in [0.5, 0.6) is 0 Å². The first-order chi connectivity index (χ1) is 8.54. The van der Waals surface area contributed by atoms with Crippen LogP contribution in [0.25, 0.3) is 0 Å². The van der Waals surface area contributed by atoms with E-state index in [1.807, 2.05) is 0 Å². The summed E-state index contributed by atoms with van der Waals surface area (Å²) in [4.78, 5) is 7.31. The van der Waals surface area contributed by atoms with Crippen molar-refractivity contribution >= 4 is 0 Å². The molecular weight excluding hydrogens is 224 g/mol. The molecular formula is C14H32N4. The van der Waals surface area contributed by atoms with Crippen LogP contribution < -0.4 is 5.73 Å². The van der Waals surface area contributed by atoms with Crippen LogP contribution in [0.4, 0.5) is 0 Å². The van der Waals surface area contributed by atoms with Crippen molar-refractivity contribution in [3.05, 3.63) is 0 Å². The van der Waals surface area contributed by atoms with Gasteiger partial charge < -0.3 is 15.5 Å². The maximum atomic E-state index is 6.13. The molecule has 0 spiro atoms. The Kier molecular flexibility index (Phi) is 6.57. The highest BCUT2D eigenvalue weighted by molar-refractivity contribution is 4.96. The van der Waals surface area contributed by atoms with E-state index in [1.165, 1.54) is 32.4 Å². The SMILES string of the molecule is CCN(CCCN(C)C)C1(CN)CCCN(C)C1. The number of likely N-dealkylation sites (N-methyl/N-ethyl adjacent to an activating group) is 2. The Morgan fingerprint density at radius 1 is 1.28 bits per heavy atom. The average Bonchev–Trinajstić information content (AvgIpc) is 2.34. The number of nitrogens with two attached hydrogens (primary N) is 1. The van der Waals surface area contributed by atoms with E-state index >= 15 is 0 Å². The zero-order valence-corrected chi connectivity index (χ0v) is 12.8. The van der Waals surface area contributed by atoms with Gasteiger partial charge in [-0.1, -0.05) is 6.92 Å².